The number of benzene rings is 1. The molecule has 1 N–H and O–H groups in total. The molecule has 2 bridgehead atoms. The van der Waals surface area contributed by atoms with Crippen LogP contribution in [0, 0.1) is 23.2 Å². The lowest BCUT2D eigenvalue weighted by Crippen LogP contribution is -2.62. The van der Waals surface area contributed by atoms with Gasteiger partial charge in [-0.1, -0.05) is 93.0 Å². The topological polar surface area (TPSA) is 117 Å². The Morgan fingerprint density at radius 1 is 1.11 bits per heavy atom. The number of fused-ring (bicyclic) bond motifs is 1. The quantitative estimate of drug-likeness (QED) is 0.109. The zero-order chi connectivity index (χ0) is 39.6. The Hall–Kier alpha value is -3.02. The van der Waals surface area contributed by atoms with Crippen molar-refractivity contribution in [3.05, 3.63) is 61.2 Å². The number of halogens is 1. The normalized spacial score (nSPS) is 26.9. The number of alkyl halides is 1. The van der Waals surface area contributed by atoms with E-state index < -0.39 is 59.3 Å². The molecule has 3 saturated heterocycles. The molecule has 1 aromatic rings. The van der Waals surface area contributed by atoms with Crippen molar-refractivity contribution in [2.45, 2.75) is 134 Å². The average Bonchev–Trinajstić information content (AvgIpc) is 3.68. The highest BCUT2D eigenvalue weighted by atomic mass is 79.9. The fraction of sp³-hybridized carbons (Fsp3) is 0.667. The summed E-state index contributed by atoms with van der Waals surface area (Å²) in [7, 11) is 1.69. The maximum atomic E-state index is 15.3. The monoisotopic (exact) mass is 799 g/mol. The Balaban J connectivity index is 1.80. The molecule has 1 unspecified atom stereocenters. The van der Waals surface area contributed by atoms with Crippen LogP contribution in [0.15, 0.2) is 55.6 Å². The summed E-state index contributed by atoms with van der Waals surface area (Å²) in [5.41, 5.74) is -1.38. The number of aliphatic hydroxyl groups is 1. The number of likely N-dealkylation sites (tertiary alicyclic amines) is 1. The second kappa shape index (κ2) is 16.8. The molecule has 9 atom stereocenters. The van der Waals surface area contributed by atoms with Crippen LogP contribution < -0.4 is 0 Å². The lowest BCUT2D eigenvalue weighted by molar-refractivity contribution is -0.165. The van der Waals surface area contributed by atoms with E-state index in [1.165, 1.54) is 0 Å². The van der Waals surface area contributed by atoms with Crippen LogP contribution in [0.25, 0.3) is 0 Å². The summed E-state index contributed by atoms with van der Waals surface area (Å²) in [4.78, 5) is 62.6. The zero-order valence-corrected chi connectivity index (χ0v) is 34.8. The van der Waals surface area contributed by atoms with Gasteiger partial charge in [-0.15, -0.1) is 13.2 Å². The SMILES string of the molecule is C=CCCC(=O)N(C)[C@@H](C)[C@@H](OC(=O)[C@H]1[C@@H]2O[C@@]3(CC2Br)[C@@H]1C(=O)N([C@@H](CO)CC(C)C)[C@@H]3C(=O)N(CC=C)C(C)(C)CC(C)(C)C)c1ccccc1. The molecule has 1 aromatic carbocycles. The van der Waals surface area contributed by atoms with Crippen LogP contribution in [0.1, 0.15) is 99.2 Å². The molecule has 3 amide bonds. The highest BCUT2D eigenvalue weighted by Gasteiger charge is 2.78. The summed E-state index contributed by atoms with van der Waals surface area (Å²) in [5, 5.41) is 10.8. The number of rotatable bonds is 17. The first-order valence-corrected chi connectivity index (χ1v) is 20.0. The van der Waals surface area contributed by atoms with Crippen LogP contribution in [0.5, 0.6) is 0 Å². The number of carbonyl (C=O) groups is 4. The van der Waals surface area contributed by atoms with E-state index in [1.54, 1.807) is 33.9 Å². The largest absolute Gasteiger partial charge is 0.455 e. The number of hydrogen-bond acceptors (Lipinski definition) is 7. The number of hydrogen-bond donors (Lipinski definition) is 1. The van der Waals surface area contributed by atoms with E-state index in [-0.39, 0.29) is 53.5 Å². The van der Waals surface area contributed by atoms with Crippen LogP contribution in [0.4, 0.5) is 0 Å². The molecule has 10 nitrogen and oxygen atoms in total. The fourth-order valence-corrected chi connectivity index (χ4v) is 10.2. The second-order valence-electron chi connectivity index (χ2n) is 17.5. The number of likely N-dealkylation sites (N-methyl/N-ethyl adjacent to an activating group) is 1. The number of ether oxygens (including phenoxy) is 2. The lowest BCUT2D eigenvalue weighted by atomic mass is 9.70. The molecule has 3 aliphatic rings. The highest BCUT2D eigenvalue weighted by Crippen LogP contribution is 2.61. The fourth-order valence-electron chi connectivity index (χ4n) is 9.26. The minimum Gasteiger partial charge on any atom is -0.455 e. The van der Waals surface area contributed by atoms with Crippen molar-refractivity contribution in [2.75, 3.05) is 20.2 Å². The Morgan fingerprint density at radius 3 is 2.30 bits per heavy atom. The molecule has 1 spiro atoms. The van der Waals surface area contributed by atoms with E-state index in [0.717, 1.165) is 0 Å². The molecule has 0 aliphatic carbocycles. The third kappa shape index (κ3) is 8.62. The number of carbonyl (C=O) groups excluding carboxylic acids is 4. The van der Waals surface area contributed by atoms with Gasteiger partial charge in [0.1, 0.15) is 17.7 Å². The van der Waals surface area contributed by atoms with E-state index >= 15 is 4.79 Å². The van der Waals surface area contributed by atoms with E-state index in [2.05, 4.69) is 49.9 Å². The van der Waals surface area contributed by atoms with Crippen molar-refractivity contribution in [2.24, 2.45) is 23.2 Å². The number of allylic oxidation sites excluding steroid dienone is 1. The lowest BCUT2D eigenvalue weighted by Gasteiger charge is -2.46. The predicted octanol–water partition coefficient (Wildman–Crippen LogP) is 6.47. The van der Waals surface area contributed by atoms with Crippen LogP contribution >= 0.6 is 15.9 Å². The minimum absolute atomic E-state index is 0.108. The minimum atomic E-state index is -1.34. The van der Waals surface area contributed by atoms with E-state index in [4.69, 9.17) is 9.47 Å². The summed E-state index contributed by atoms with van der Waals surface area (Å²) < 4.78 is 13.3. The Bertz CT molecular complexity index is 1510. The molecule has 0 radical (unpaired) electrons. The molecule has 3 fully saturated rings. The molecule has 11 heteroatoms. The van der Waals surface area contributed by atoms with Crippen LogP contribution in [0.3, 0.4) is 0 Å². The smallest absolute Gasteiger partial charge is 0.313 e. The van der Waals surface area contributed by atoms with Gasteiger partial charge < -0.3 is 29.3 Å². The summed E-state index contributed by atoms with van der Waals surface area (Å²) in [6.07, 6.45) is 4.05. The Morgan fingerprint density at radius 2 is 1.75 bits per heavy atom. The summed E-state index contributed by atoms with van der Waals surface area (Å²) in [6.45, 7) is 23.9. The van der Waals surface area contributed by atoms with Gasteiger partial charge in [-0.05, 0) is 63.4 Å². The number of aliphatic hydroxyl groups excluding tert-OH is 1. The van der Waals surface area contributed by atoms with Gasteiger partial charge in [-0.25, -0.2) is 0 Å². The van der Waals surface area contributed by atoms with Crippen molar-refractivity contribution in [3.63, 3.8) is 0 Å². The van der Waals surface area contributed by atoms with Gasteiger partial charge >= 0.3 is 5.97 Å². The predicted molar refractivity (Wildman–Crippen MR) is 210 cm³/mol. The Labute approximate surface area is 325 Å². The third-order valence-corrected chi connectivity index (χ3v) is 12.1. The molecule has 294 valence electrons. The maximum Gasteiger partial charge on any atom is 0.313 e. The molecule has 3 heterocycles. The number of amides is 3. The summed E-state index contributed by atoms with van der Waals surface area (Å²) >= 11 is 3.79. The molecular weight excluding hydrogens is 738 g/mol. The molecular formula is C42H62BrN3O7. The number of nitrogens with zero attached hydrogens (tertiary/aromatic N) is 3. The van der Waals surface area contributed by atoms with Crippen molar-refractivity contribution < 1.29 is 33.8 Å². The maximum absolute atomic E-state index is 15.3. The second-order valence-corrected chi connectivity index (χ2v) is 18.7. The van der Waals surface area contributed by atoms with Crippen molar-refractivity contribution >= 4 is 39.6 Å². The number of esters is 1. The first-order chi connectivity index (χ1) is 24.8. The van der Waals surface area contributed by atoms with Gasteiger partial charge in [0.15, 0.2) is 0 Å². The standard InChI is InChI=1S/C42H62BrN3O7/c1-12-14-20-31(48)44(11)27(5)34(28-18-16-15-17-19-28)52-39(51)32-33-37(49)46(29(24-47)22-26(3)4)36(42(33)23-30(43)35(32)53-42)38(50)45(21-13-2)41(9,10)25-40(6,7)8/h12-13,15-19,26-27,29-30,32-36,47H,1-2,14,20-25H2,3-11H3/t27-,29+,30?,32+,33-,34+,35+,36+,42-/m0/s1. The first kappa shape index (κ1) is 42.7. The molecule has 0 saturated carbocycles. The summed E-state index contributed by atoms with van der Waals surface area (Å²) in [6, 6.07) is 6.96. The van der Waals surface area contributed by atoms with E-state index in [0.29, 0.717) is 31.2 Å². The summed E-state index contributed by atoms with van der Waals surface area (Å²) in [5.74, 6) is -3.35. The van der Waals surface area contributed by atoms with Gasteiger partial charge in [-0.3, -0.25) is 19.2 Å². The molecule has 3 aliphatic heterocycles. The van der Waals surface area contributed by atoms with Crippen molar-refractivity contribution in [1.29, 1.82) is 0 Å². The highest BCUT2D eigenvalue weighted by molar-refractivity contribution is 9.09. The van der Waals surface area contributed by atoms with Crippen LogP contribution in [-0.4, -0.2) is 104 Å². The van der Waals surface area contributed by atoms with Crippen LogP contribution in [0.2, 0.25) is 0 Å². The Kier molecular flexibility index (Phi) is 13.5. The van der Waals surface area contributed by atoms with Gasteiger partial charge in [0.05, 0.1) is 36.6 Å². The van der Waals surface area contributed by atoms with Gasteiger partial charge in [0.2, 0.25) is 17.7 Å². The van der Waals surface area contributed by atoms with Crippen molar-refractivity contribution in [3.8, 4) is 0 Å². The molecule has 0 aromatic heterocycles. The average molecular weight is 801 g/mol. The molecule has 4 rings (SSSR count). The zero-order valence-electron chi connectivity index (χ0n) is 33.2. The van der Waals surface area contributed by atoms with Crippen molar-refractivity contribution in [1.82, 2.24) is 14.7 Å². The van der Waals surface area contributed by atoms with Gasteiger partial charge in [0, 0.05) is 30.4 Å². The molecule has 53 heavy (non-hydrogen) atoms. The first-order valence-electron chi connectivity index (χ1n) is 19.1. The third-order valence-electron chi connectivity index (χ3n) is 11.2. The van der Waals surface area contributed by atoms with Gasteiger partial charge in [-0.2, -0.15) is 0 Å². The van der Waals surface area contributed by atoms with E-state index in [1.807, 2.05) is 65.0 Å². The van der Waals surface area contributed by atoms with Gasteiger partial charge in [0.25, 0.3) is 0 Å². The van der Waals surface area contributed by atoms with E-state index in [9.17, 15) is 19.5 Å². The van der Waals surface area contributed by atoms with Crippen LogP contribution in [-0.2, 0) is 28.7 Å².